The number of methoxy groups -OCH3 is 1. The second-order valence-electron chi connectivity index (χ2n) is 3.77. The third-order valence-electron chi connectivity index (χ3n) is 1.46. The maximum absolute atomic E-state index is 10.7. The van der Waals surface area contributed by atoms with Crippen LogP contribution in [0.25, 0.3) is 0 Å². The summed E-state index contributed by atoms with van der Waals surface area (Å²) in [4.78, 5) is 19.0. The molecule has 0 unspecified atom stereocenters. The molecule has 0 saturated carbocycles. The fourth-order valence-electron chi connectivity index (χ4n) is 0.795. The third kappa shape index (κ3) is 25.2. The first-order chi connectivity index (χ1) is 7.69. The van der Waals surface area contributed by atoms with E-state index in [1.54, 1.807) is 13.8 Å². The lowest BCUT2D eigenvalue weighted by Crippen LogP contribution is -2.23. The first-order valence-electron chi connectivity index (χ1n) is 5.20. The van der Waals surface area contributed by atoms with Gasteiger partial charge >= 0.3 is 5.97 Å². The Kier molecular flexibility index (Phi) is 10.7. The number of hydrogen-bond donors (Lipinski definition) is 1. The van der Waals surface area contributed by atoms with Crippen molar-refractivity contribution >= 4 is 5.97 Å². The standard InChI is InChI=1S/C9H18O4.CH3NO2/c1-9(2,11)13-7-5-4-6-8(10)12-3;1-2(3)4/h11H,4-7H2,1-3H3;1H3. The molecule has 1 N–H and O–H groups in total. The number of hydrogen-bond acceptors (Lipinski definition) is 6. The van der Waals surface area contributed by atoms with Gasteiger partial charge in [-0.25, -0.2) is 0 Å². The van der Waals surface area contributed by atoms with Crippen molar-refractivity contribution in [3.05, 3.63) is 10.1 Å². The van der Waals surface area contributed by atoms with Crippen molar-refractivity contribution in [1.82, 2.24) is 0 Å². The van der Waals surface area contributed by atoms with Gasteiger partial charge in [0.05, 0.1) is 13.7 Å². The Morgan fingerprint density at radius 1 is 1.41 bits per heavy atom. The number of nitrogens with zero attached hydrogens (tertiary/aromatic N) is 1. The first kappa shape index (κ1) is 18.2. The van der Waals surface area contributed by atoms with E-state index in [1.807, 2.05) is 0 Å². The maximum atomic E-state index is 10.7. The van der Waals surface area contributed by atoms with Crippen molar-refractivity contribution < 1.29 is 24.3 Å². The average Bonchev–Trinajstić information content (AvgIpc) is 2.14. The lowest BCUT2D eigenvalue weighted by molar-refractivity contribution is -0.445. The topological polar surface area (TPSA) is 98.9 Å². The van der Waals surface area contributed by atoms with Crippen LogP contribution >= 0.6 is 0 Å². The molecular formula is C10H21NO6. The number of carbonyl (C=O) groups excluding carboxylic acids is 1. The molecule has 0 radical (unpaired) electrons. The molecule has 0 aromatic heterocycles. The molecule has 0 aromatic carbocycles. The lowest BCUT2D eigenvalue weighted by Gasteiger charge is -2.17. The van der Waals surface area contributed by atoms with Gasteiger partial charge in [-0.15, -0.1) is 0 Å². The van der Waals surface area contributed by atoms with Crippen molar-refractivity contribution in [2.24, 2.45) is 0 Å². The van der Waals surface area contributed by atoms with Gasteiger partial charge < -0.3 is 14.6 Å². The molecule has 0 atom stereocenters. The molecule has 0 aromatic rings. The smallest absolute Gasteiger partial charge is 0.305 e. The zero-order valence-corrected chi connectivity index (χ0v) is 10.8. The minimum Gasteiger partial charge on any atom is -0.469 e. The highest BCUT2D eigenvalue weighted by Crippen LogP contribution is 2.05. The molecule has 0 aliphatic carbocycles. The fraction of sp³-hybridized carbons (Fsp3) is 0.900. The summed E-state index contributed by atoms with van der Waals surface area (Å²) < 4.78 is 9.52. The van der Waals surface area contributed by atoms with Gasteiger partial charge in [-0.2, -0.15) is 0 Å². The predicted octanol–water partition coefficient (Wildman–Crippen LogP) is 0.968. The predicted molar refractivity (Wildman–Crippen MR) is 61.0 cm³/mol. The van der Waals surface area contributed by atoms with E-state index in [0.717, 1.165) is 19.9 Å². The Bertz CT molecular complexity index is 219. The molecule has 0 amide bonds. The summed E-state index contributed by atoms with van der Waals surface area (Å²) in [5.41, 5.74) is 0. The maximum Gasteiger partial charge on any atom is 0.305 e. The van der Waals surface area contributed by atoms with Gasteiger partial charge in [0.2, 0.25) is 0 Å². The Hall–Kier alpha value is -1.21. The van der Waals surface area contributed by atoms with Crippen molar-refractivity contribution in [2.75, 3.05) is 20.8 Å². The van der Waals surface area contributed by atoms with Gasteiger partial charge in [-0.05, 0) is 26.7 Å². The second-order valence-corrected chi connectivity index (χ2v) is 3.77. The monoisotopic (exact) mass is 251 g/mol. The average molecular weight is 251 g/mol. The van der Waals surface area contributed by atoms with Crippen molar-refractivity contribution in [1.29, 1.82) is 0 Å². The van der Waals surface area contributed by atoms with Gasteiger partial charge in [0, 0.05) is 11.3 Å². The lowest BCUT2D eigenvalue weighted by atomic mass is 10.2. The number of aliphatic hydroxyl groups is 1. The van der Waals surface area contributed by atoms with E-state index in [0.29, 0.717) is 13.0 Å². The number of rotatable bonds is 6. The Morgan fingerprint density at radius 2 is 1.88 bits per heavy atom. The summed E-state index contributed by atoms with van der Waals surface area (Å²) in [6.45, 7) is 3.61. The van der Waals surface area contributed by atoms with E-state index in [9.17, 15) is 4.79 Å². The molecule has 7 heteroatoms. The van der Waals surface area contributed by atoms with Crippen molar-refractivity contribution in [3.63, 3.8) is 0 Å². The molecule has 0 saturated heterocycles. The van der Waals surface area contributed by atoms with Gasteiger partial charge in [0.25, 0.3) is 0 Å². The highest BCUT2D eigenvalue weighted by Gasteiger charge is 2.11. The van der Waals surface area contributed by atoms with Crippen LogP contribution in [0.4, 0.5) is 0 Å². The summed E-state index contributed by atoms with van der Waals surface area (Å²) in [7, 11) is 2.26. The number of ether oxygens (including phenoxy) is 2. The highest BCUT2D eigenvalue weighted by molar-refractivity contribution is 5.68. The van der Waals surface area contributed by atoms with Crippen LogP contribution < -0.4 is 0 Å². The van der Waals surface area contributed by atoms with E-state index >= 15 is 0 Å². The van der Waals surface area contributed by atoms with E-state index in [4.69, 9.17) is 20.0 Å². The summed E-state index contributed by atoms with van der Waals surface area (Å²) in [6, 6.07) is 0. The summed E-state index contributed by atoms with van der Waals surface area (Å²) in [5, 5.41) is 18.0. The molecule has 102 valence electrons. The quantitative estimate of drug-likeness (QED) is 0.248. The summed E-state index contributed by atoms with van der Waals surface area (Å²) in [6.07, 6.45) is 1.88. The zero-order chi connectivity index (χ0) is 13.9. The largest absolute Gasteiger partial charge is 0.469 e. The molecule has 0 spiro atoms. The van der Waals surface area contributed by atoms with Crippen LogP contribution in [-0.2, 0) is 14.3 Å². The zero-order valence-electron chi connectivity index (χ0n) is 10.8. The number of nitro groups is 1. The van der Waals surface area contributed by atoms with E-state index in [-0.39, 0.29) is 5.97 Å². The van der Waals surface area contributed by atoms with Crippen molar-refractivity contribution in [3.8, 4) is 0 Å². The Balaban J connectivity index is 0. The number of unbranched alkanes of at least 4 members (excludes halogenated alkanes) is 1. The number of carbonyl (C=O) groups is 1. The van der Waals surface area contributed by atoms with Gasteiger partial charge in [-0.3, -0.25) is 14.9 Å². The van der Waals surface area contributed by atoms with Crippen LogP contribution in [0.5, 0.6) is 0 Å². The molecular weight excluding hydrogens is 230 g/mol. The van der Waals surface area contributed by atoms with E-state index in [1.165, 1.54) is 7.11 Å². The van der Waals surface area contributed by atoms with Crippen LogP contribution in [0.15, 0.2) is 0 Å². The van der Waals surface area contributed by atoms with Crippen LogP contribution in [0.2, 0.25) is 0 Å². The van der Waals surface area contributed by atoms with Crippen LogP contribution in [-0.4, -0.2) is 42.6 Å². The Morgan fingerprint density at radius 3 is 2.24 bits per heavy atom. The summed E-state index contributed by atoms with van der Waals surface area (Å²) >= 11 is 0. The van der Waals surface area contributed by atoms with Crippen LogP contribution in [0.3, 0.4) is 0 Å². The number of esters is 1. The Labute approximate surface area is 101 Å². The second kappa shape index (κ2) is 9.98. The third-order valence-corrected chi connectivity index (χ3v) is 1.46. The molecule has 0 heterocycles. The van der Waals surface area contributed by atoms with Crippen LogP contribution in [0, 0.1) is 10.1 Å². The van der Waals surface area contributed by atoms with Crippen molar-refractivity contribution in [2.45, 2.75) is 38.9 Å². The normalized spacial score (nSPS) is 10.2. The molecule has 7 nitrogen and oxygen atoms in total. The molecule has 0 bridgehead atoms. The molecule has 17 heavy (non-hydrogen) atoms. The minimum atomic E-state index is -1.08. The summed E-state index contributed by atoms with van der Waals surface area (Å²) in [5.74, 6) is -1.28. The van der Waals surface area contributed by atoms with Crippen LogP contribution in [0.1, 0.15) is 33.1 Å². The molecule has 0 rings (SSSR count). The first-order valence-corrected chi connectivity index (χ1v) is 5.20. The van der Waals surface area contributed by atoms with E-state index < -0.39 is 10.7 Å². The van der Waals surface area contributed by atoms with Gasteiger partial charge in [0.15, 0.2) is 12.8 Å². The molecule has 0 fully saturated rings. The SMILES string of the molecule is COC(=O)CCCCOC(C)(C)O.C[N+](=O)[O-]. The molecule has 0 aliphatic rings. The molecule has 0 aliphatic heterocycles. The van der Waals surface area contributed by atoms with E-state index in [2.05, 4.69) is 4.74 Å². The minimum absolute atomic E-state index is 0.205. The van der Waals surface area contributed by atoms with Gasteiger partial charge in [-0.1, -0.05) is 0 Å². The van der Waals surface area contributed by atoms with Gasteiger partial charge in [0.1, 0.15) is 0 Å². The highest BCUT2D eigenvalue weighted by atomic mass is 16.6. The fourth-order valence-corrected chi connectivity index (χ4v) is 0.795.